The SMILES string of the molecule is Cc1ccc2c(c1)[C@@H]1C=CC[C@@H]1[C@H](c1ccccc1F)N2. The number of fused-ring (bicyclic) bond motifs is 3. The molecule has 1 N–H and O–H groups in total. The van der Waals surface area contributed by atoms with Crippen LogP contribution in [-0.2, 0) is 0 Å². The van der Waals surface area contributed by atoms with E-state index in [9.17, 15) is 4.39 Å². The molecular formula is C19H18FN. The number of hydrogen-bond donors (Lipinski definition) is 1. The van der Waals surface area contributed by atoms with Crippen LogP contribution in [0.25, 0.3) is 0 Å². The van der Waals surface area contributed by atoms with Crippen LogP contribution in [0, 0.1) is 18.7 Å². The van der Waals surface area contributed by atoms with Gasteiger partial charge < -0.3 is 5.32 Å². The van der Waals surface area contributed by atoms with Crippen molar-refractivity contribution in [1.29, 1.82) is 0 Å². The highest BCUT2D eigenvalue weighted by Gasteiger charge is 2.38. The lowest BCUT2D eigenvalue weighted by molar-refractivity contribution is 0.413. The van der Waals surface area contributed by atoms with E-state index in [4.69, 9.17) is 0 Å². The monoisotopic (exact) mass is 279 g/mol. The predicted molar refractivity (Wildman–Crippen MR) is 83.9 cm³/mol. The first-order chi connectivity index (χ1) is 10.2. The maximum absolute atomic E-state index is 14.2. The fourth-order valence-electron chi connectivity index (χ4n) is 3.75. The van der Waals surface area contributed by atoms with Crippen molar-refractivity contribution < 1.29 is 4.39 Å². The summed E-state index contributed by atoms with van der Waals surface area (Å²) in [5, 5.41) is 3.57. The topological polar surface area (TPSA) is 12.0 Å². The molecule has 0 amide bonds. The molecule has 2 aromatic carbocycles. The molecule has 0 fully saturated rings. The lowest BCUT2D eigenvalue weighted by Gasteiger charge is -2.37. The Hall–Kier alpha value is -2.09. The van der Waals surface area contributed by atoms with Crippen molar-refractivity contribution >= 4 is 5.69 Å². The standard InChI is InChI=1S/C19H18FN/c1-12-9-10-18-16(11-12)13-6-4-7-14(13)19(21-18)15-5-2-3-8-17(15)20/h2-6,8-11,13-14,19,21H,7H2,1H3/t13-,14+,19-/m1/s1. The average molecular weight is 279 g/mol. The van der Waals surface area contributed by atoms with Gasteiger partial charge in [-0.25, -0.2) is 4.39 Å². The van der Waals surface area contributed by atoms with E-state index in [1.165, 1.54) is 11.1 Å². The predicted octanol–water partition coefficient (Wildman–Crippen LogP) is 4.96. The van der Waals surface area contributed by atoms with Gasteiger partial charge in [0.15, 0.2) is 0 Å². The number of benzene rings is 2. The molecule has 1 aliphatic heterocycles. The van der Waals surface area contributed by atoms with E-state index >= 15 is 0 Å². The van der Waals surface area contributed by atoms with E-state index in [-0.39, 0.29) is 11.9 Å². The molecule has 4 rings (SSSR count). The molecule has 0 saturated carbocycles. The van der Waals surface area contributed by atoms with Crippen molar-refractivity contribution in [2.24, 2.45) is 5.92 Å². The summed E-state index contributed by atoms with van der Waals surface area (Å²) in [5.74, 6) is 0.679. The van der Waals surface area contributed by atoms with Crippen LogP contribution in [0.5, 0.6) is 0 Å². The van der Waals surface area contributed by atoms with E-state index in [0.29, 0.717) is 11.8 Å². The lowest BCUT2D eigenvalue weighted by atomic mass is 9.76. The van der Waals surface area contributed by atoms with Crippen molar-refractivity contribution in [3.8, 4) is 0 Å². The fraction of sp³-hybridized carbons (Fsp3) is 0.263. The number of hydrogen-bond acceptors (Lipinski definition) is 1. The molecule has 106 valence electrons. The first kappa shape index (κ1) is 12.6. The molecule has 0 radical (unpaired) electrons. The summed E-state index contributed by atoms with van der Waals surface area (Å²) in [6.07, 6.45) is 5.53. The lowest BCUT2D eigenvalue weighted by Crippen LogP contribution is -2.29. The minimum Gasteiger partial charge on any atom is -0.378 e. The average Bonchev–Trinajstić information content (AvgIpc) is 2.97. The first-order valence-corrected chi connectivity index (χ1v) is 7.52. The van der Waals surface area contributed by atoms with E-state index in [0.717, 1.165) is 17.7 Å². The van der Waals surface area contributed by atoms with Gasteiger partial charge in [0, 0.05) is 17.2 Å². The first-order valence-electron chi connectivity index (χ1n) is 7.52. The summed E-state index contributed by atoms with van der Waals surface area (Å²) in [7, 11) is 0. The minimum absolute atomic E-state index is 0.0430. The number of rotatable bonds is 1. The molecule has 2 aliphatic rings. The zero-order valence-corrected chi connectivity index (χ0v) is 12.0. The Morgan fingerprint density at radius 3 is 2.81 bits per heavy atom. The van der Waals surface area contributed by atoms with Crippen LogP contribution < -0.4 is 5.32 Å². The largest absolute Gasteiger partial charge is 0.378 e. The van der Waals surface area contributed by atoms with Gasteiger partial charge in [-0.3, -0.25) is 0 Å². The third-order valence-corrected chi connectivity index (χ3v) is 4.76. The molecule has 3 atom stereocenters. The number of anilines is 1. The second kappa shape index (κ2) is 4.73. The Kier molecular flexibility index (Phi) is 2.85. The van der Waals surface area contributed by atoms with Crippen LogP contribution in [0.3, 0.4) is 0 Å². The molecule has 0 spiro atoms. The van der Waals surface area contributed by atoms with Crippen molar-refractivity contribution in [1.82, 2.24) is 0 Å². The number of aryl methyl sites for hydroxylation is 1. The number of nitrogens with one attached hydrogen (secondary N) is 1. The summed E-state index contributed by atoms with van der Waals surface area (Å²) in [6.45, 7) is 2.12. The number of allylic oxidation sites excluding steroid dienone is 2. The summed E-state index contributed by atoms with van der Waals surface area (Å²) in [5.41, 5.74) is 4.55. The van der Waals surface area contributed by atoms with E-state index < -0.39 is 0 Å². The van der Waals surface area contributed by atoms with Crippen molar-refractivity contribution in [3.05, 3.63) is 77.1 Å². The summed E-state index contributed by atoms with van der Waals surface area (Å²) in [6, 6.07) is 13.7. The highest BCUT2D eigenvalue weighted by atomic mass is 19.1. The van der Waals surface area contributed by atoms with Gasteiger partial charge in [-0.2, -0.15) is 0 Å². The Bertz CT molecular complexity index is 719. The highest BCUT2D eigenvalue weighted by Crippen LogP contribution is 2.50. The van der Waals surface area contributed by atoms with Gasteiger partial charge in [0.2, 0.25) is 0 Å². The van der Waals surface area contributed by atoms with Gasteiger partial charge >= 0.3 is 0 Å². The summed E-state index contributed by atoms with van der Waals surface area (Å²) in [4.78, 5) is 0. The molecular weight excluding hydrogens is 261 g/mol. The van der Waals surface area contributed by atoms with Crippen molar-refractivity contribution in [2.45, 2.75) is 25.3 Å². The van der Waals surface area contributed by atoms with Crippen LogP contribution >= 0.6 is 0 Å². The van der Waals surface area contributed by atoms with Gasteiger partial charge in [-0.1, -0.05) is 48.0 Å². The molecule has 0 unspecified atom stereocenters. The zero-order valence-electron chi connectivity index (χ0n) is 12.0. The highest BCUT2D eigenvalue weighted by molar-refractivity contribution is 5.60. The molecule has 2 heteroatoms. The summed E-state index contributed by atoms with van der Waals surface area (Å²) >= 11 is 0. The van der Waals surface area contributed by atoms with Gasteiger partial charge in [0.1, 0.15) is 5.82 Å². The van der Waals surface area contributed by atoms with E-state index in [1.54, 1.807) is 12.1 Å². The van der Waals surface area contributed by atoms with Crippen LogP contribution in [0.4, 0.5) is 10.1 Å². The van der Waals surface area contributed by atoms with Crippen LogP contribution in [0.2, 0.25) is 0 Å². The van der Waals surface area contributed by atoms with Gasteiger partial charge in [0.25, 0.3) is 0 Å². The smallest absolute Gasteiger partial charge is 0.128 e. The molecule has 0 saturated heterocycles. The molecule has 1 heterocycles. The second-order valence-corrected chi connectivity index (χ2v) is 6.09. The third kappa shape index (κ3) is 1.98. The molecule has 2 aromatic rings. The van der Waals surface area contributed by atoms with Crippen molar-refractivity contribution in [3.63, 3.8) is 0 Å². The summed E-state index contributed by atoms with van der Waals surface area (Å²) < 4.78 is 14.2. The van der Waals surface area contributed by atoms with Gasteiger partial charge in [-0.05, 0) is 37.0 Å². The molecule has 0 bridgehead atoms. The Labute approximate surface area is 124 Å². The maximum atomic E-state index is 14.2. The molecule has 1 aliphatic carbocycles. The Morgan fingerprint density at radius 1 is 1.10 bits per heavy atom. The minimum atomic E-state index is -0.115. The Morgan fingerprint density at radius 2 is 1.95 bits per heavy atom. The molecule has 0 aromatic heterocycles. The van der Waals surface area contributed by atoms with Gasteiger partial charge in [0.05, 0.1) is 6.04 Å². The number of halogens is 1. The van der Waals surface area contributed by atoms with Crippen molar-refractivity contribution in [2.75, 3.05) is 5.32 Å². The molecule has 1 nitrogen and oxygen atoms in total. The maximum Gasteiger partial charge on any atom is 0.128 e. The van der Waals surface area contributed by atoms with Crippen LogP contribution in [0.15, 0.2) is 54.6 Å². The third-order valence-electron chi connectivity index (χ3n) is 4.76. The van der Waals surface area contributed by atoms with Crippen LogP contribution in [0.1, 0.15) is 35.1 Å². The normalized spacial score (nSPS) is 26.1. The van der Waals surface area contributed by atoms with Gasteiger partial charge in [-0.15, -0.1) is 0 Å². The molecule has 21 heavy (non-hydrogen) atoms. The zero-order chi connectivity index (χ0) is 14.4. The Balaban J connectivity index is 1.82. The van der Waals surface area contributed by atoms with E-state index in [2.05, 4.69) is 42.6 Å². The van der Waals surface area contributed by atoms with Crippen LogP contribution in [-0.4, -0.2) is 0 Å². The van der Waals surface area contributed by atoms with E-state index in [1.807, 2.05) is 12.1 Å². The fourth-order valence-corrected chi connectivity index (χ4v) is 3.75. The second-order valence-electron chi connectivity index (χ2n) is 6.09. The quantitative estimate of drug-likeness (QED) is 0.727.